The summed E-state index contributed by atoms with van der Waals surface area (Å²) in [6.07, 6.45) is 4.42. The topological polar surface area (TPSA) is 3.24 Å². The third kappa shape index (κ3) is 3.39. The third-order valence-corrected chi connectivity index (χ3v) is 5.29. The zero-order valence-corrected chi connectivity index (χ0v) is 9.39. The highest BCUT2D eigenvalue weighted by Gasteiger charge is 2.16. The molecule has 0 N–H and O–H groups in total. The van der Waals surface area contributed by atoms with Crippen LogP contribution < -0.4 is 0 Å². The van der Waals surface area contributed by atoms with Gasteiger partial charge in [-0.3, -0.25) is 0 Å². The van der Waals surface area contributed by atoms with Crippen LogP contribution in [0.4, 0.5) is 0 Å². The Morgan fingerprint density at radius 2 is 2.36 bits per heavy atom. The number of hydrogen-bond acceptors (Lipinski definition) is 1. The predicted molar refractivity (Wildman–Crippen MR) is 54.1 cm³/mol. The van der Waals surface area contributed by atoms with E-state index in [4.69, 9.17) is 0 Å². The van der Waals surface area contributed by atoms with Gasteiger partial charge in [0.15, 0.2) is 0 Å². The molecule has 0 aliphatic carbocycles. The fraction of sp³-hybridized carbons (Fsp3) is 1.00. The molecule has 0 saturated carbocycles. The first kappa shape index (κ1) is 9.27. The van der Waals surface area contributed by atoms with E-state index in [2.05, 4.69) is 18.9 Å². The summed E-state index contributed by atoms with van der Waals surface area (Å²) in [5, 5.41) is 0. The summed E-state index contributed by atoms with van der Waals surface area (Å²) in [6.45, 7) is 5.07. The minimum atomic E-state index is 0.292. The maximum absolute atomic E-state index is 2.51. The van der Waals surface area contributed by atoms with E-state index in [9.17, 15) is 0 Å². The number of likely N-dealkylation sites (tertiary alicyclic amines) is 1. The van der Waals surface area contributed by atoms with Gasteiger partial charge in [-0.2, -0.15) is 0 Å². The van der Waals surface area contributed by atoms with Gasteiger partial charge in [0.05, 0.1) is 0 Å². The lowest BCUT2D eigenvalue weighted by Crippen LogP contribution is -2.31. The van der Waals surface area contributed by atoms with Gasteiger partial charge < -0.3 is 4.90 Å². The van der Waals surface area contributed by atoms with Gasteiger partial charge >= 0.3 is 0 Å². The zero-order valence-electron chi connectivity index (χ0n) is 7.97. The first-order chi connectivity index (χ1) is 5.33. The molecule has 0 aromatic rings. The largest absolute Gasteiger partial charge is 0.306 e. The molecule has 1 saturated heterocycles. The van der Waals surface area contributed by atoms with Crippen molar-refractivity contribution in [1.29, 1.82) is 0 Å². The van der Waals surface area contributed by atoms with Crippen LogP contribution in [0.3, 0.4) is 0 Å². The van der Waals surface area contributed by atoms with Gasteiger partial charge in [-0.05, 0) is 32.1 Å². The van der Waals surface area contributed by atoms with Gasteiger partial charge in [-0.1, -0.05) is 25.8 Å². The van der Waals surface area contributed by atoms with Crippen LogP contribution >= 0.6 is 0 Å². The zero-order chi connectivity index (χ0) is 8.10. The fourth-order valence-corrected chi connectivity index (χ4v) is 4.19. The lowest BCUT2D eigenvalue weighted by Gasteiger charge is -2.29. The van der Waals surface area contributed by atoms with Crippen molar-refractivity contribution >= 4 is 9.52 Å². The molecule has 1 atom stereocenters. The van der Waals surface area contributed by atoms with Crippen LogP contribution in [-0.4, -0.2) is 34.6 Å². The smallest absolute Gasteiger partial charge is 0.0248 e. The summed E-state index contributed by atoms with van der Waals surface area (Å²) in [7, 11) is 2.56. The Morgan fingerprint density at radius 3 is 3.00 bits per heavy atom. The molecule has 2 heteroatoms. The van der Waals surface area contributed by atoms with Gasteiger partial charge in [0.2, 0.25) is 0 Å². The Hall–Kier alpha value is 0.177. The SMILES string of the molecule is CCC[SiH2]C1CCCN(C)C1. The van der Waals surface area contributed by atoms with E-state index >= 15 is 0 Å². The second-order valence-corrected chi connectivity index (χ2v) is 6.35. The summed E-state index contributed by atoms with van der Waals surface area (Å²) < 4.78 is 0. The second-order valence-electron chi connectivity index (χ2n) is 3.91. The summed E-state index contributed by atoms with van der Waals surface area (Å²) in [5.41, 5.74) is 1.15. The number of rotatable bonds is 3. The molecule has 0 aromatic heterocycles. The minimum absolute atomic E-state index is 0.292. The standard InChI is InChI=1S/C9H21NSi/c1-3-7-11-9-5-4-6-10(2)8-9/h9H,3-8,11H2,1-2H3. The van der Waals surface area contributed by atoms with Crippen molar-refractivity contribution in [3.8, 4) is 0 Å². The average Bonchev–Trinajstić information content (AvgIpc) is 2.01. The maximum Gasteiger partial charge on any atom is 0.0248 e. The number of nitrogens with zero attached hydrogens (tertiary/aromatic N) is 1. The molecule has 0 radical (unpaired) electrons. The van der Waals surface area contributed by atoms with Crippen molar-refractivity contribution in [2.24, 2.45) is 0 Å². The minimum Gasteiger partial charge on any atom is -0.306 e. The van der Waals surface area contributed by atoms with Gasteiger partial charge in [0.25, 0.3) is 0 Å². The molecule has 1 aliphatic heterocycles. The van der Waals surface area contributed by atoms with Gasteiger partial charge in [0, 0.05) is 9.52 Å². The van der Waals surface area contributed by atoms with E-state index in [0.29, 0.717) is 9.52 Å². The lowest BCUT2D eigenvalue weighted by atomic mass is 10.1. The molecule has 1 fully saturated rings. The van der Waals surface area contributed by atoms with Crippen molar-refractivity contribution in [3.63, 3.8) is 0 Å². The van der Waals surface area contributed by atoms with Crippen LogP contribution in [-0.2, 0) is 0 Å². The maximum atomic E-state index is 2.51. The first-order valence-corrected chi connectivity index (χ1v) is 6.83. The fourth-order valence-electron chi connectivity index (χ4n) is 2.00. The molecular formula is C9H21NSi. The Labute approximate surface area is 73.0 Å². The third-order valence-electron chi connectivity index (χ3n) is 2.69. The molecule has 1 aliphatic rings. The number of piperidine rings is 1. The number of hydrogen-bond donors (Lipinski definition) is 0. The van der Waals surface area contributed by atoms with Crippen molar-refractivity contribution < 1.29 is 0 Å². The molecule has 0 bridgehead atoms. The molecule has 0 spiro atoms. The Morgan fingerprint density at radius 1 is 1.55 bits per heavy atom. The summed E-state index contributed by atoms with van der Waals surface area (Å²) >= 11 is 0. The summed E-state index contributed by atoms with van der Waals surface area (Å²) in [5.74, 6) is 0. The van der Waals surface area contributed by atoms with Crippen LogP contribution in [0.25, 0.3) is 0 Å². The summed E-state index contributed by atoms with van der Waals surface area (Å²) in [4.78, 5) is 2.51. The van der Waals surface area contributed by atoms with E-state index in [1.807, 2.05) is 0 Å². The van der Waals surface area contributed by atoms with E-state index in [0.717, 1.165) is 5.54 Å². The monoisotopic (exact) mass is 171 g/mol. The molecule has 1 unspecified atom stereocenters. The Bertz CT molecular complexity index is 106. The van der Waals surface area contributed by atoms with Crippen LogP contribution in [0.2, 0.25) is 11.6 Å². The normalized spacial score (nSPS) is 28.4. The summed E-state index contributed by atoms with van der Waals surface area (Å²) in [6, 6.07) is 1.57. The van der Waals surface area contributed by atoms with E-state index < -0.39 is 0 Å². The van der Waals surface area contributed by atoms with E-state index in [-0.39, 0.29) is 0 Å². The van der Waals surface area contributed by atoms with Crippen LogP contribution in [0.15, 0.2) is 0 Å². The van der Waals surface area contributed by atoms with Crippen LogP contribution in [0, 0.1) is 0 Å². The Kier molecular flexibility index (Phi) is 4.16. The second kappa shape index (κ2) is 4.94. The van der Waals surface area contributed by atoms with Gasteiger partial charge in [-0.25, -0.2) is 0 Å². The van der Waals surface area contributed by atoms with Gasteiger partial charge in [-0.15, -0.1) is 0 Å². The highest BCUT2D eigenvalue weighted by Crippen LogP contribution is 2.20. The van der Waals surface area contributed by atoms with Crippen molar-refractivity contribution in [2.75, 3.05) is 20.1 Å². The molecule has 1 nitrogen and oxygen atoms in total. The van der Waals surface area contributed by atoms with Crippen LogP contribution in [0.1, 0.15) is 26.2 Å². The molecule has 1 rings (SSSR count). The Balaban J connectivity index is 2.12. The molecular weight excluding hydrogens is 150 g/mol. The predicted octanol–water partition coefficient (Wildman–Crippen LogP) is 1.50. The van der Waals surface area contributed by atoms with E-state index in [1.165, 1.54) is 32.4 Å². The molecule has 0 aromatic carbocycles. The highest BCUT2D eigenvalue weighted by atomic mass is 28.2. The average molecular weight is 171 g/mol. The molecule has 66 valence electrons. The molecule has 0 amide bonds. The first-order valence-electron chi connectivity index (χ1n) is 5.01. The van der Waals surface area contributed by atoms with Crippen molar-refractivity contribution in [3.05, 3.63) is 0 Å². The molecule has 11 heavy (non-hydrogen) atoms. The van der Waals surface area contributed by atoms with Crippen LogP contribution in [0.5, 0.6) is 0 Å². The van der Waals surface area contributed by atoms with Crippen molar-refractivity contribution in [1.82, 2.24) is 4.90 Å². The van der Waals surface area contributed by atoms with E-state index in [1.54, 1.807) is 6.04 Å². The van der Waals surface area contributed by atoms with Gasteiger partial charge in [0.1, 0.15) is 0 Å². The lowest BCUT2D eigenvalue weighted by molar-refractivity contribution is 0.276. The van der Waals surface area contributed by atoms with Crippen molar-refractivity contribution in [2.45, 2.75) is 37.8 Å². The highest BCUT2D eigenvalue weighted by molar-refractivity contribution is 6.37. The quantitative estimate of drug-likeness (QED) is 0.582. The molecule has 1 heterocycles.